The Balaban J connectivity index is 1.77. The lowest BCUT2D eigenvalue weighted by Gasteiger charge is -2.20. The highest BCUT2D eigenvalue weighted by molar-refractivity contribution is 5.87. The van der Waals surface area contributed by atoms with E-state index in [0.29, 0.717) is 26.1 Å². The van der Waals surface area contributed by atoms with Gasteiger partial charge in [0, 0.05) is 6.54 Å². The van der Waals surface area contributed by atoms with E-state index in [0.717, 1.165) is 11.3 Å². The molecule has 0 heterocycles. The highest BCUT2D eigenvalue weighted by atomic mass is 16.5. The fourth-order valence-corrected chi connectivity index (χ4v) is 2.78. The summed E-state index contributed by atoms with van der Waals surface area (Å²) in [5.41, 5.74) is 2.18. The Morgan fingerprint density at radius 1 is 0.966 bits per heavy atom. The molecular weight excluding hydrogens is 366 g/mol. The fourth-order valence-electron chi connectivity index (χ4n) is 2.78. The summed E-state index contributed by atoms with van der Waals surface area (Å²) in [5, 5.41) is 8.43. The lowest BCUT2D eigenvalue weighted by Crippen LogP contribution is -2.51. The average molecular weight is 398 g/mol. The molecule has 156 valence electrons. The number of aryl methyl sites for hydroxylation is 1. The Labute approximate surface area is 173 Å². The van der Waals surface area contributed by atoms with Gasteiger partial charge in [-0.1, -0.05) is 61.9 Å². The monoisotopic (exact) mass is 397 g/mol. The first-order valence-corrected chi connectivity index (χ1v) is 9.99. The number of hydrogen-bond donors (Lipinski definition) is 3. The molecule has 3 N–H and O–H groups in total. The van der Waals surface area contributed by atoms with Gasteiger partial charge in [-0.2, -0.15) is 0 Å². The largest absolute Gasteiger partial charge is 0.492 e. The van der Waals surface area contributed by atoms with Gasteiger partial charge >= 0.3 is 6.03 Å². The number of carbonyl (C=O) groups excluding carboxylic acids is 2. The van der Waals surface area contributed by atoms with E-state index in [9.17, 15) is 9.59 Å². The molecule has 6 nitrogen and oxygen atoms in total. The first-order chi connectivity index (χ1) is 13.9. The molecule has 2 aromatic rings. The molecule has 2 aromatic carbocycles. The molecule has 0 fully saturated rings. The molecule has 0 saturated heterocycles. The van der Waals surface area contributed by atoms with Crippen molar-refractivity contribution in [1.29, 1.82) is 0 Å². The smallest absolute Gasteiger partial charge is 0.315 e. The number of nitrogens with one attached hydrogen (secondary N) is 3. The van der Waals surface area contributed by atoms with Crippen LogP contribution in [0.15, 0.2) is 54.6 Å². The van der Waals surface area contributed by atoms with Crippen LogP contribution in [-0.2, 0) is 11.3 Å². The minimum absolute atomic E-state index is 0.208. The van der Waals surface area contributed by atoms with E-state index in [-0.39, 0.29) is 17.9 Å². The van der Waals surface area contributed by atoms with Crippen molar-refractivity contribution in [2.24, 2.45) is 5.92 Å². The zero-order valence-corrected chi connectivity index (χ0v) is 17.4. The maximum absolute atomic E-state index is 12.5. The first-order valence-electron chi connectivity index (χ1n) is 9.99. The summed E-state index contributed by atoms with van der Waals surface area (Å²) in [6, 6.07) is 16.4. The molecule has 0 aliphatic rings. The van der Waals surface area contributed by atoms with Crippen molar-refractivity contribution in [3.05, 3.63) is 65.7 Å². The molecular formula is C23H31N3O3. The summed E-state index contributed by atoms with van der Waals surface area (Å²) < 4.78 is 5.58. The molecule has 3 amide bonds. The third-order valence-electron chi connectivity index (χ3n) is 4.32. The Morgan fingerprint density at radius 3 is 2.31 bits per heavy atom. The molecule has 29 heavy (non-hydrogen) atoms. The second-order valence-electron chi connectivity index (χ2n) is 7.45. The maximum atomic E-state index is 12.5. The lowest BCUT2D eigenvalue weighted by molar-refractivity contribution is -0.123. The molecule has 0 unspecified atom stereocenters. The van der Waals surface area contributed by atoms with Gasteiger partial charge in [0.2, 0.25) is 5.91 Å². The SMILES string of the molecule is Cc1ccc(CNC(=O)N[C@@H](CC(C)C)C(=O)NCCOc2ccccc2)cc1. The van der Waals surface area contributed by atoms with Gasteiger partial charge in [0.1, 0.15) is 18.4 Å². The molecule has 0 aliphatic heterocycles. The molecule has 0 aromatic heterocycles. The molecule has 0 bridgehead atoms. The summed E-state index contributed by atoms with van der Waals surface area (Å²) in [4.78, 5) is 24.8. The average Bonchev–Trinajstić information content (AvgIpc) is 2.70. The van der Waals surface area contributed by atoms with E-state index in [1.807, 2.05) is 75.4 Å². The third-order valence-corrected chi connectivity index (χ3v) is 4.32. The van der Waals surface area contributed by atoms with Crippen molar-refractivity contribution in [3.8, 4) is 5.75 Å². The number of carbonyl (C=O) groups is 2. The molecule has 0 radical (unpaired) electrons. The third kappa shape index (κ3) is 8.68. The Morgan fingerprint density at radius 2 is 1.66 bits per heavy atom. The van der Waals surface area contributed by atoms with E-state index < -0.39 is 6.04 Å². The number of para-hydroxylation sites is 1. The Hall–Kier alpha value is -3.02. The minimum Gasteiger partial charge on any atom is -0.492 e. The zero-order chi connectivity index (χ0) is 21.1. The van der Waals surface area contributed by atoms with Crippen molar-refractivity contribution in [2.75, 3.05) is 13.2 Å². The standard InChI is InChI=1S/C23H31N3O3/c1-17(2)15-21(22(27)24-13-14-29-20-7-5-4-6-8-20)26-23(28)25-16-19-11-9-18(3)10-12-19/h4-12,17,21H,13-16H2,1-3H3,(H,24,27)(H2,25,26,28)/t21-/m0/s1. The summed E-state index contributed by atoms with van der Waals surface area (Å²) in [6.45, 7) is 7.20. The fraction of sp³-hybridized carbons (Fsp3) is 0.391. The normalized spacial score (nSPS) is 11.6. The van der Waals surface area contributed by atoms with Crippen LogP contribution in [0.5, 0.6) is 5.75 Å². The molecule has 0 spiro atoms. The molecule has 1 atom stereocenters. The van der Waals surface area contributed by atoms with Gasteiger partial charge < -0.3 is 20.7 Å². The topological polar surface area (TPSA) is 79.5 Å². The molecule has 6 heteroatoms. The van der Waals surface area contributed by atoms with Crippen LogP contribution in [0.25, 0.3) is 0 Å². The van der Waals surface area contributed by atoms with Crippen LogP contribution in [0, 0.1) is 12.8 Å². The lowest BCUT2D eigenvalue weighted by atomic mass is 10.0. The highest BCUT2D eigenvalue weighted by Gasteiger charge is 2.21. The van der Waals surface area contributed by atoms with E-state index in [1.165, 1.54) is 5.56 Å². The van der Waals surface area contributed by atoms with Gasteiger partial charge in [0.25, 0.3) is 0 Å². The van der Waals surface area contributed by atoms with Gasteiger partial charge in [-0.3, -0.25) is 4.79 Å². The summed E-state index contributed by atoms with van der Waals surface area (Å²) in [5.74, 6) is 0.818. The second kappa shape index (κ2) is 11.7. The number of hydrogen-bond acceptors (Lipinski definition) is 3. The summed E-state index contributed by atoms with van der Waals surface area (Å²) >= 11 is 0. The van der Waals surface area contributed by atoms with Crippen LogP contribution < -0.4 is 20.7 Å². The predicted molar refractivity (Wildman–Crippen MR) is 115 cm³/mol. The van der Waals surface area contributed by atoms with Crippen LogP contribution >= 0.6 is 0 Å². The summed E-state index contributed by atoms with van der Waals surface area (Å²) in [6.07, 6.45) is 0.559. The first kappa shape index (κ1) is 22.3. The number of rotatable bonds is 10. The van der Waals surface area contributed by atoms with Crippen molar-refractivity contribution < 1.29 is 14.3 Å². The maximum Gasteiger partial charge on any atom is 0.315 e. The van der Waals surface area contributed by atoms with E-state index in [2.05, 4.69) is 16.0 Å². The number of benzene rings is 2. The van der Waals surface area contributed by atoms with Crippen LogP contribution in [0.3, 0.4) is 0 Å². The highest BCUT2D eigenvalue weighted by Crippen LogP contribution is 2.08. The quantitative estimate of drug-likeness (QED) is 0.538. The van der Waals surface area contributed by atoms with Gasteiger partial charge in [-0.25, -0.2) is 4.79 Å². The number of urea groups is 1. The van der Waals surface area contributed by atoms with Crippen molar-refractivity contribution in [1.82, 2.24) is 16.0 Å². The van der Waals surface area contributed by atoms with E-state index in [4.69, 9.17) is 4.74 Å². The van der Waals surface area contributed by atoms with E-state index >= 15 is 0 Å². The Bertz CT molecular complexity index is 761. The second-order valence-corrected chi connectivity index (χ2v) is 7.45. The van der Waals surface area contributed by atoms with Crippen LogP contribution in [0.4, 0.5) is 4.79 Å². The van der Waals surface area contributed by atoms with Crippen molar-refractivity contribution in [3.63, 3.8) is 0 Å². The number of amides is 3. The van der Waals surface area contributed by atoms with Crippen LogP contribution in [-0.4, -0.2) is 31.1 Å². The van der Waals surface area contributed by atoms with Crippen molar-refractivity contribution >= 4 is 11.9 Å². The predicted octanol–water partition coefficient (Wildman–Crippen LogP) is 3.40. The molecule has 0 aliphatic carbocycles. The minimum atomic E-state index is -0.593. The molecule has 0 saturated carbocycles. The van der Waals surface area contributed by atoms with Crippen LogP contribution in [0.2, 0.25) is 0 Å². The van der Waals surface area contributed by atoms with Crippen molar-refractivity contribution in [2.45, 2.75) is 39.8 Å². The number of ether oxygens (including phenoxy) is 1. The van der Waals surface area contributed by atoms with E-state index in [1.54, 1.807) is 0 Å². The van der Waals surface area contributed by atoms with Gasteiger partial charge in [-0.05, 0) is 37.0 Å². The summed E-state index contributed by atoms with van der Waals surface area (Å²) in [7, 11) is 0. The molecule has 2 rings (SSSR count). The Kier molecular flexibility index (Phi) is 9.02. The van der Waals surface area contributed by atoms with Gasteiger partial charge in [0.15, 0.2) is 0 Å². The van der Waals surface area contributed by atoms with Crippen LogP contribution in [0.1, 0.15) is 31.4 Å². The van der Waals surface area contributed by atoms with Gasteiger partial charge in [0.05, 0.1) is 6.54 Å². The van der Waals surface area contributed by atoms with Gasteiger partial charge in [-0.15, -0.1) is 0 Å². The zero-order valence-electron chi connectivity index (χ0n) is 17.4.